The van der Waals surface area contributed by atoms with Gasteiger partial charge in [-0.25, -0.2) is 0 Å². The molecule has 0 atom stereocenters. The van der Waals surface area contributed by atoms with Crippen molar-refractivity contribution in [2.75, 3.05) is 19.8 Å². The van der Waals surface area contributed by atoms with Gasteiger partial charge in [0.1, 0.15) is 6.61 Å². The van der Waals surface area contributed by atoms with E-state index in [4.69, 9.17) is 10.00 Å². The highest BCUT2D eigenvalue weighted by Crippen LogP contribution is 2.08. The number of amides is 1. The second-order valence-electron chi connectivity index (χ2n) is 4.26. The normalized spacial score (nSPS) is 9.95. The number of rotatable bonds is 7. The first-order valence-corrected chi connectivity index (χ1v) is 6.55. The van der Waals surface area contributed by atoms with E-state index in [9.17, 15) is 4.79 Å². The number of hydrogen-bond acceptors (Lipinski definition) is 3. The predicted molar refractivity (Wildman–Crippen MR) is 73.4 cm³/mol. The Balaban J connectivity index is 2.66. The Hall–Kier alpha value is -1.86. The van der Waals surface area contributed by atoms with Crippen molar-refractivity contribution in [3.63, 3.8) is 0 Å². The van der Waals surface area contributed by atoms with E-state index in [1.165, 1.54) is 0 Å². The number of carbonyl (C=O) groups excluding carboxylic acids is 1. The van der Waals surface area contributed by atoms with Gasteiger partial charge >= 0.3 is 0 Å². The maximum Gasteiger partial charge on any atom is 0.248 e. The van der Waals surface area contributed by atoms with Crippen molar-refractivity contribution in [3.8, 4) is 6.07 Å². The third-order valence-corrected chi connectivity index (χ3v) is 2.73. The molecule has 0 N–H and O–H groups in total. The standard InChI is InChI=1S/C15H20N2O2/c1-3-9-17(15(18)12-19-4-2)11-14-7-5-13(10-16)6-8-14/h5-8H,3-4,9,11-12H2,1-2H3. The molecule has 0 aliphatic heterocycles. The van der Waals surface area contributed by atoms with Crippen LogP contribution in [0, 0.1) is 11.3 Å². The van der Waals surface area contributed by atoms with Crippen molar-refractivity contribution in [1.29, 1.82) is 5.26 Å². The summed E-state index contributed by atoms with van der Waals surface area (Å²) in [5, 5.41) is 8.75. The van der Waals surface area contributed by atoms with Gasteiger partial charge in [-0.3, -0.25) is 4.79 Å². The maximum absolute atomic E-state index is 12.0. The van der Waals surface area contributed by atoms with Crippen LogP contribution in [-0.2, 0) is 16.1 Å². The Morgan fingerprint density at radius 1 is 1.32 bits per heavy atom. The first-order chi connectivity index (χ1) is 9.21. The van der Waals surface area contributed by atoms with Gasteiger partial charge in [0.05, 0.1) is 11.6 Å². The molecule has 0 unspecified atom stereocenters. The average molecular weight is 260 g/mol. The van der Waals surface area contributed by atoms with Crippen LogP contribution in [0.4, 0.5) is 0 Å². The van der Waals surface area contributed by atoms with E-state index in [1.54, 1.807) is 17.0 Å². The molecule has 4 nitrogen and oxygen atoms in total. The predicted octanol–water partition coefficient (Wildman–Crippen LogP) is 2.33. The van der Waals surface area contributed by atoms with Crippen LogP contribution in [0.3, 0.4) is 0 Å². The molecule has 1 amide bonds. The smallest absolute Gasteiger partial charge is 0.248 e. The molecule has 0 aromatic heterocycles. The molecule has 0 aliphatic carbocycles. The summed E-state index contributed by atoms with van der Waals surface area (Å²) in [6, 6.07) is 9.39. The monoisotopic (exact) mass is 260 g/mol. The van der Waals surface area contributed by atoms with Gasteiger partial charge in [-0.2, -0.15) is 5.26 Å². The maximum atomic E-state index is 12.0. The van der Waals surface area contributed by atoms with Crippen LogP contribution in [0.25, 0.3) is 0 Å². The molecule has 1 aromatic carbocycles. The van der Waals surface area contributed by atoms with Crippen LogP contribution in [-0.4, -0.2) is 30.6 Å². The van der Waals surface area contributed by atoms with Crippen molar-refractivity contribution in [1.82, 2.24) is 4.90 Å². The van der Waals surface area contributed by atoms with Gasteiger partial charge in [0.2, 0.25) is 5.91 Å². The number of ether oxygens (including phenoxy) is 1. The summed E-state index contributed by atoms with van der Waals surface area (Å²) in [4.78, 5) is 13.8. The first kappa shape index (κ1) is 15.2. The molecule has 0 saturated carbocycles. The van der Waals surface area contributed by atoms with Crippen LogP contribution in [0.5, 0.6) is 0 Å². The Labute approximate surface area is 114 Å². The highest BCUT2D eigenvalue weighted by atomic mass is 16.5. The molecular weight excluding hydrogens is 240 g/mol. The second kappa shape index (κ2) is 8.28. The minimum Gasteiger partial charge on any atom is -0.372 e. The second-order valence-corrected chi connectivity index (χ2v) is 4.26. The van der Waals surface area contributed by atoms with E-state index in [-0.39, 0.29) is 12.5 Å². The van der Waals surface area contributed by atoms with Gasteiger partial charge in [-0.05, 0) is 31.0 Å². The van der Waals surface area contributed by atoms with E-state index >= 15 is 0 Å². The molecule has 19 heavy (non-hydrogen) atoms. The molecule has 102 valence electrons. The molecule has 1 aromatic rings. The lowest BCUT2D eigenvalue weighted by Crippen LogP contribution is -2.34. The van der Waals surface area contributed by atoms with Crippen LogP contribution >= 0.6 is 0 Å². The van der Waals surface area contributed by atoms with Gasteiger partial charge < -0.3 is 9.64 Å². The lowest BCUT2D eigenvalue weighted by Gasteiger charge is -2.22. The molecule has 0 fully saturated rings. The molecule has 0 heterocycles. The Morgan fingerprint density at radius 2 is 2.00 bits per heavy atom. The van der Waals surface area contributed by atoms with Gasteiger partial charge in [0.15, 0.2) is 0 Å². The minimum atomic E-state index is 0.00746. The number of carbonyl (C=O) groups is 1. The Kier molecular flexibility index (Phi) is 6.62. The summed E-state index contributed by atoms with van der Waals surface area (Å²) in [5.74, 6) is 0.00746. The SMILES string of the molecule is CCCN(Cc1ccc(C#N)cc1)C(=O)COCC. The largest absolute Gasteiger partial charge is 0.372 e. The topological polar surface area (TPSA) is 53.3 Å². The number of nitriles is 1. The summed E-state index contributed by atoms with van der Waals surface area (Å²) in [6.07, 6.45) is 0.911. The fourth-order valence-corrected chi connectivity index (χ4v) is 1.75. The summed E-state index contributed by atoms with van der Waals surface area (Å²) in [6.45, 7) is 5.87. The Bertz CT molecular complexity index is 434. The first-order valence-electron chi connectivity index (χ1n) is 6.55. The van der Waals surface area contributed by atoms with Gasteiger partial charge in [0.25, 0.3) is 0 Å². The third kappa shape index (κ3) is 5.11. The summed E-state index contributed by atoms with van der Waals surface area (Å²) >= 11 is 0. The highest BCUT2D eigenvalue weighted by Gasteiger charge is 2.12. The fourth-order valence-electron chi connectivity index (χ4n) is 1.75. The Morgan fingerprint density at radius 3 is 2.53 bits per heavy atom. The van der Waals surface area contributed by atoms with Crippen LogP contribution < -0.4 is 0 Å². The summed E-state index contributed by atoms with van der Waals surface area (Å²) < 4.78 is 5.16. The molecule has 0 aliphatic rings. The molecule has 4 heteroatoms. The average Bonchev–Trinajstić information content (AvgIpc) is 2.45. The van der Waals surface area contributed by atoms with Crippen LogP contribution in [0.2, 0.25) is 0 Å². The lowest BCUT2D eigenvalue weighted by atomic mass is 10.1. The summed E-state index contributed by atoms with van der Waals surface area (Å²) in [7, 11) is 0. The zero-order chi connectivity index (χ0) is 14.1. The van der Waals surface area contributed by atoms with Crippen LogP contribution in [0.15, 0.2) is 24.3 Å². The van der Waals surface area contributed by atoms with E-state index in [0.29, 0.717) is 25.3 Å². The van der Waals surface area contributed by atoms with Crippen molar-refractivity contribution in [3.05, 3.63) is 35.4 Å². The zero-order valence-electron chi connectivity index (χ0n) is 11.6. The van der Waals surface area contributed by atoms with E-state index in [1.807, 2.05) is 26.0 Å². The van der Waals surface area contributed by atoms with Crippen molar-refractivity contribution >= 4 is 5.91 Å². The van der Waals surface area contributed by atoms with Crippen LogP contribution in [0.1, 0.15) is 31.4 Å². The number of nitrogens with zero attached hydrogens (tertiary/aromatic N) is 2. The highest BCUT2D eigenvalue weighted by molar-refractivity contribution is 5.77. The summed E-state index contributed by atoms with van der Waals surface area (Å²) in [5.41, 5.74) is 1.66. The third-order valence-electron chi connectivity index (χ3n) is 2.73. The van der Waals surface area contributed by atoms with Crippen molar-refractivity contribution in [2.45, 2.75) is 26.8 Å². The fraction of sp³-hybridized carbons (Fsp3) is 0.467. The molecule has 1 rings (SSSR count). The number of hydrogen-bond donors (Lipinski definition) is 0. The minimum absolute atomic E-state index is 0.00746. The van der Waals surface area contributed by atoms with Gasteiger partial charge in [0, 0.05) is 19.7 Å². The molecular formula is C15H20N2O2. The molecule has 0 saturated heterocycles. The van der Waals surface area contributed by atoms with E-state index in [0.717, 1.165) is 12.0 Å². The van der Waals surface area contributed by atoms with Gasteiger partial charge in [-0.1, -0.05) is 19.1 Å². The zero-order valence-corrected chi connectivity index (χ0v) is 11.6. The van der Waals surface area contributed by atoms with Gasteiger partial charge in [-0.15, -0.1) is 0 Å². The van der Waals surface area contributed by atoms with E-state index in [2.05, 4.69) is 6.07 Å². The molecule has 0 spiro atoms. The van der Waals surface area contributed by atoms with E-state index < -0.39 is 0 Å². The molecule has 0 bridgehead atoms. The quantitative estimate of drug-likeness (QED) is 0.756. The molecule has 0 radical (unpaired) electrons. The number of benzene rings is 1. The van der Waals surface area contributed by atoms with Crippen molar-refractivity contribution in [2.24, 2.45) is 0 Å². The lowest BCUT2D eigenvalue weighted by molar-refractivity contribution is -0.136. The van der Waals surface area contributed by atoms with Crippen molar-refractivity contribution < 1.29 is 9.53 Å².